The van der Waals surface area contributed by atoms with Crippen molar-refractivity contribution in [3.05, 3.63) is 24.3 Å². The zero-order valence-electron chi connectivity index (χ0n) is 10.1. The number of sulfone groups is 1. The van der Waals surface area contributed by atoms with Gasteiger partial charge in [-0.25, -0.2) is 8.42 Å². The summed E-state index contributed by atoms with van der Waals surface area (Å²) in [4.78, 5) is 1.50. The number of thioether (sulfide) groups is 1. The highest BCUT2D eigenvalue weighted by Gasteiger charge is 2.05. The molecule has 0 aliphatic heterocycles. The van der Waals surface area contributed by atoms with Crippen molar-refractivity contribution in [2.45, 2.75) is 29.1 Å². The zero-order valence-corrected chi connectivity index (χ0v) is 11.7. The van der Waals surface area contributed by atoms with Crippen molar-refractivity contribution in [2.75, 3.05) is 18.6 Å². The predicted molar refractivity (Wildman–Crippen MR) is 73.2 cm³/mol. The number of unbranched alkanes of at least 4 members (excludes halogenated alkanes) is 2. The first-order chi connectivity index (χ1) is 8.04. The third kappa shape index (κ3) is 5.57. The smallest absolute Gasteiger partial charge is 0.175 e. The van der Waals surface area contributed by atoms with Gasteiger partial charge in [0.25, 0.3) is 0 Å². The molecule has 17 heavy (non-hydrogen) atoms. The molecule has 0 spiro atoms. The molecule has 0 bridgehead atoms. The minimum atomic E-state index is -3.08. The van der Waals surface area contributed by atoms with Crippen LogP contribution in [0.25, 0.3) is 0 Å². The number of hydrogen-bond donors (Lipinski definition) is 1. The predicted octanol–water partition coefficient (Wildman–Crippen LogP) is 2.31. The molecule has 0 saturated carbocycles. The van der Waals surface area contributed by atoms with E-state index in [1.54, 1.807) is 23.9 Å². The topological polar surface area (TPSA) is 60.2 Å². The maximum atomic E-state index is 11.3. The minimum absolute atomic E-state index is 0.380. The zero-order chi connectivity index (χ0) is 12.7. The van der Waals surface area contributed by atoms with Gasteiger partial charge in [0.15, 0.2) is 9.84 Å². The monoisotopic (exact) mass is 273 g/mol. The lowest BCUT2D eigenvalue weighted by atomic mass is 10.2. The molecule has 0 fully saturated rings. The van der Waals surface area contributed by atoms with E-state index < -0.39 is 9.84 Å². The molecule has 0 aromatic heterocycles. The van der Waals surface area contributed by atoms with E-state index in [2.05, 4.69) is 0 Å². The molecule has 0 atom stereocenters. The van der Waals surface area contributed by atoms with Crippen LogP contribution < -0.4 is 5.73 Å². The molecule has 1 rings (SSSR count). The number of hydrogen-bond acceptors (Lipinski definition) is 4. The Morgan fingerprint density at radius 1 is 1.12 bits per heavy atom. The molecule has 3 nitrogen and oxygen atoms in total. The van der Waals surface area contributed by atoms with E-state index in [0.717, 1.165) is 36.5 Å². The van der Waals surface area contributed by atoms with Crippen LogP contribution in [0.4, 0.5) is 0 Å². The van der Waals surface area contributed by atoms with Gasteiger partial charge in [0.2, 0.25) is 0 Å². The SMILES string of the molecule is CS(=O)(=O)c1ccc(SCCCCCN)cc1. The molecule has 0 aliphatic carbocycles. The number of benzene rings is 1. The molecule has 0 radical (unpaired) electrons. The summed E-state index contributed by atoms with van der Waals surface area (Å²) in [5, 5.41) is 0. The van der Waals surface area contributed by atoms with Gasteiger partial charge in [0.1, 0.15) is 0 Å². The Morgan fingerprint density at radius 2 is 1.76 bits per heavy atom. The second-order valence-electron chi connectivity index (χ2n) is 3.94. The highest BCUT2D eigenvalue weighted by atomic mass is 32.2. The fourth-order valence-corrected chi connectivity index (χ4v) is 2.94. The summed E-state index contributed by atoms with van der Waals surface area (Å²) in [5.74, 6) is 1.05. The van der Waals surface area contributed by atoms with Gasteiger partial charge in [-0.05, 0) is 49.4 Å². The van der Waals surface area contributed by atoms with Gasteiger partial charge < -0.3 is 5.73 Å². The van der Waals surface area contributed by atoms with Crippen molar-refractivity contribution in [2.24, 2.45) is 5.73 Å². The van der Waals surface area contributed by atoms with Crippen LogP contribution in [-0.4, -0.2) is 27.0 Å². The lowest BCUT2D eigenvalue weighted by molar-refractivity contribution is 0.602. The van der Waals surface area contributed by atoms with Gasteiger partial charge in [0.05, 0.1) is 4.90 Å². The van der Waals surface area contributed by atoms with Crippen molar-refractivity contribution in [3.8, 4) is 0 Å². The van der Waals surface area contributed by atoms with Crippen molar-refractivity contribution in [1.82, 2.24) is 0 Å². The van der Waals surface area contributed by atoms with Gasteiger partial charge in [-0.2, -0.15) is 0 Å². The normalized spacial score (nSPS) is 11.6. The maximum Gasteiger partial charge on any atom is 0.175 e. The molecule has 1 aromatic rings. The molecule has 96 valence electrons. The summed E-state index contributed by atoms with van der Waals surface area (Å²) in [7, 11) is -3.08. The van der Waals surface area contributed by atoms with E-state index in [0.29, 0.717) is 4.90 Å². The quantitative estimate of drug-likeness (QED) is 0.612. The molecule has 0 amide bonds. The molecule has 2 N–H and O–H groups in total. The molecule has 0 aliphatic rings. The third-order valence-corrected chi connectivity index (χ3v) is 4.60. The lowest BCUT2D eigenvalue weighted by Crippen LogP contribution is -1.98. The molecular formula is C12H19NO2S2. The van der Waals surface area contributed by atoms with Gasteiger partial charge in [0, 0.05) is 11.2 Å². The summed E-state index contributed by atoms with van der Waals surface area (Å²) in [6, 6.07) is 7.06. The van der Waals surface area contributed by atoms with Crippen molar-refractivity contribution in [1.29, 1.82) is 0 Å². The summed E-state index contributed by atoms with van der Waals surface area (Å²) in [5.41, 5.74) is 5.42. The van der Waals surface area contributed by atoms with Crippen LogP contribution >= 0.6 is 11.8 Å². The van der Waals surface area contributed by atoms with Gasteiger partial charge in [-0.1, -0.05) is 6.42 Å². The first-order valence-corrected chi connectivity index (χ1v) is 8.55. The first-order valence-electron chi connectivity index (χ1n) is 5.67. The maximum absolute atomic E-state index is 11.3. The Morgan fingerprint density at radius 3 is 2.29 bits per heavy atom. The van der Waals surface area contributed by atoms with Crippen molar-refractivity contribution >= 4 is 21.6 Å². The van der Waals surface area contributed by atoms with Crippen LogP contribution in [0.3, 0.4) is 0 Å². The van der Waals surface area contributed by atoms with Crippen LogP contribution in [0.1, 0.15) is 19.3 Å². The first kappa shape index (κ1) is 14.5. The van der Waals surface area contributed by atoms with Crippen molar-refractivity contribution < 1.29 is 8.42 Å². The van der Waals surface area contributed by atoms with E-state index in [-0.39, 0.29) is 0 Å². The number of rotatable bonds is 7. The second-order valence-corrected chi connectivity index (χ2v) is 7.13. The molecule has 0 unspecified atom stereocenters. The van der Waals surface area contributed by atoms with Gasteiger partial charge in [-0.15, -0.1) is 11.8 Å². The highest BCUT2D eigenvalue weighted by molar-refractivity contribution is 7.99. The number of nitrogens with two attached hydrogens (primary N) is 1. The molecule has 0 saturated heterocycles. The van der Waals surface area contributed by atoms with E-state index >= 15 is 0 Å². The summed E-state index contributed by atoms with van der Waals surface area (Å²) in [6.45, 7) is 0.758. The summed E-state index contributed by atoms with van der Waals surface area (Å²) >= 11 is 1.75. The average molecular weight is 273 g/mol. The fraction of sp³-hybridized carbons (Fsp3) is 0.500. The fourth-order valence-electron chi connectivity index (χ4n) is 1.40. The van der Waals surface area contributed by atoms with Crippen LogP contribution in [0, 0.1) is 0 Å². The lowest BCUT2D eigenvalue weighted by Gasteiger charge is -2.03. The Hall–Kier alpha value is -0.520. The van der Waals surface area contributed by atoms with Crippen LogP contribution in [-0.2, 0) is 9.84 Å². The van der Waals surface area contributed by atoms with Crippen LogP contribution in [0.2, 0.25) is 0 Å². The van der Waals surface area contributed by atoms with Crippen LogP contribution in [0.15, 0.2) is 34.1 Å². The van der Waals surface area contributed by atoms with Gasteiger partial charge >= 0.3 is 0 Å². The van der Waals surface area contributed by atoms with E-state index in [1.165, 1.54) is 6.26 Å². The molecule has 0 heterocycles. The average Bonchev–Trinajstić information content (AvgIpc) is 2.28. The standard InChI is InChI=1S/C12H19NO2S2/c1-17(14,15)12-7-5-11(6-8-12)16-10-4-2-3-9-13/h5-8H,2-4,9-10,13H2,1H3. The Labute approximate surface area is 108 Å². The Kier molecular flexibility index (Phi) is 6.02. The Balaban J connectivity index is 2.41. The summed E-state index contributed by atoms with van der Waals surface area (Å²) in [6.07, 6.45) is 4.61. The largest absolute Gasteiger partial charge is 0.330 e. The highest BCUT2D eigenvalue weighted by Crippen LogP contribution is 2.21. The summed E-state index contributed by atoms with van der Waals surface area (Å²) < 4.78 is 22.5. The van der Waals surface area contributed by atoms with E-state index in [1.807, 2.05) is 12.1 Å². The van der Waals surface area contributed by atoms with Crippen LogP contribution in [0.5, 0.6) is 0 Å². The Bertz CT molecular complexity index is 426. The van der Waals surface area contributed by atoms with Gasteiger partial charge in [-0.3, -0.25) is 0 Å². The second kappa shape index (κ2) is 7.03. The van der Waals surface area contributed by atoms with Crippen molar-refractivity contribution in [3.63, 3.8) is 0 Å². The molecule has 5 heteroatoms. The minimum Gasteiger partial charge on any atom is -0.330 e. The van der Waals surface area contributed by atoms with E-state index in [4.69, 9.17) is 5.73 Å². The van der Waals surface area contributed by atoms with E-state index in [9.17, 15) is 8.42 Å². The molecular weight excluding hydrogens is 254 g/mol. The third-order valence-electron chi connectivity index (χ3n) is 2.37. The molecule has 1 aromatic carbocycles.